The summed E-state index contributed by atoms with van der Waals surface area (Å²) in [7, 11) is 0. The molecule has 0 aliphatic heterocycles. The Morgan fingerprint density at radius 1 is 0.952 bits per heavy atom. The van der Waals surface area contributed by atoms with Crippen molar-refractivity contribution in [2.24, 2.45) is 5.16 Å². The molecule has 21 heavy (non-hydrogen) atoms. The molecule has 0 amide bonds. The number of benzene rings is 2. The van der Waals surface area contributed by atoms with E-state index >= 15 is 0 Å². The highest BCUT2D eigenvalue weighted by molar-refractivity contribution is 5.92. The van der Waals surface area contributed by atoms with Crippen molar-refractivity contribution in [3.8, 4) is 0 Å². The van der Waals surface area contributed by atoms with Gasteiger partial charge >= 0.3 is 0 Å². The average molecular weight is 281 g/mol. The predicted molar refractivity (Wildman–Crippen MR) is 86.9 cm³/mol. The molecule has 3 nitrogen and oxygen atoms in total. The molecule has 0 unspecified atom stereocenters. The van der Waals surface area contributed by atoms with Crippen LogP contribution in [0.4, 0.5) is 0 Å². The van der Waals surface area contributed by atoms with Gasteiger partial charge in [-0.3, -0.25) is 0 Å². The summed E-state index contributed by atoms with van der Waals surface area (Å²) in [6.07, 6.45) is 0. The lowest BCUT2D eigenvalue weighted by molar-refractivity contribution is 0.138. The Morgan fingerprint density at radius 3 is 2.19 bits per heavy atom. The van der Waals surface area contributed by atoms with Crippen LogP contribution < -0.4 is 10.7 Å². The molecule has 0 spiro atoms. The van der Waals surface area contributed by atoms with E-state index in [0.29, 0.717) is 0 Å². The number of fused-ring (bicyclic) bond motifs is 2. The summed E-state index contributed by atoms with van der Waals surface area (Å²) < 4.78 is 21.3. The Hall–Kier alpha value is -2.39. The molecule has 3 rings (SSSR count). The Kier molecular flexibility index (Phi) is 3.14. The molecule has 3 aromatic carbocycles. The van der Waals surface area contributed by atoms with Crippen LogP contribution in [0.5, 0.6) is 0 Å². The second kappa shape index (κ2) is 6.37. The minimum absolute atomic E-state index is 0.180. The lowest BCUT2D eigenvalue weighted by Crippen LogP contribution is -2.14. The minimum atomic E-state index is -2.16. The van der Waals surface area contributed by atoms with Crippen molar-refractivity contribution in [2.75, 3.05) is 20.1 Å². The second-order valence-corrected chi connectivity index (χ2v) is 4.71. The summed E-state index contributed by atoms with van der Waals surface area (Å²) >= 11 is 0. The van der Waals surface area contributed by atoms with E-state index < -0.39 is 6.98 Å². The van der Waals surface area contributed by atoms with Gasteiger partial charge in [0.15, 0.2) is 0 Å². The zero-order chi connectivity index (χ0) is 17.0. The maximum absolute atomic E-state index is 7.11. The van der Waals surface area contributed by atoms with Crippen molar-refractivity contribution in [1.82, 2.24) is 5.32 Å². The van der Waals surface area contributed by atoms with Crippen LogP contribution in [0.25, 0.3) is 21.5 Å². The Morgan fingerprint density at radius 2 is 1.57 bits per heavy atom. The van der Waals surface area contributed by atoms with E-state index in [2.05, 4.69) is 22.6 Å². The molecular formula is C18H18N2O. The highest BCUT2D eigenvalue weighted by Crippen LogP contribution is 2.15. The Labute approximate surface area is 128 Å². The number of rotatable bonds is 4. The van der Waals surface area contributed by atoms with Crippen molar-refractivity contribution < 1.29 is 8.95 Å². The van der Waals surface area contributed by atoms with Gasteiger partial charge in [0.2, 0.25) is 0 Å². The van der Waals surface area contributed by atoms with Gasteiger partial charge in [-0.25, -0.2) is 0 Å². The van der Waals surface area contributed by atoms with Crippen molar-refractivity contribution in [2.45, 2.75) is 0 Å². The first-order chi connectivity index (χ1) is 11.5. The molecular weight excluding hydrogens is 260 g/mol. The highest BCUT2D eigenvalue weighted by Gasteiger charge is 2.00. The van der Waals surface area contributed by atoms with Gasteiger partial charge in [-0.2, -0.15) is 0 Å². The zero-order valence-electron chi connectivity index (χ0n) is 14.5. The first-order valence-corrected chi connectivity index (χ1v) is 6.86. The molecule has 0 radical (unpaired) electrons. The van der Waals surface area contributed by atoms with Crippen LogP contribution in [0.3, 0.4) is 0 Å². The first kappa shape index (κ1) is 10.4. The highest BCUT2D eigenvalue weighted by atomic mass is 16.6. The molecule has 0 bridgehead atoms. The standard InChI is InChI=1S/C18H18N2O/c1-19-12-13-21-20-18-16-8-4-2-6-14(16)10-11-15-7-3-5-9-17(15)18/h2-11,19H,12-13H2,1H3/i1D3. The summed E-state index contributed by atoms with van der Waals surface area (Å²) in [5.74, 6) is 0. The van der Waals surface area contributed by atoms with Crippen molar-refractivity contribution in [3.05, 3.63) is 66.0 Å². The smallest absolute Gasteiger partial charge is 0.129 e. The monoisotopic (exact) mass is 281 g/mol. The van der Waals surface area contributed by atoms with Crippen LogP contribution in [0.15, 0.2) is 65.8 Å². The molecule has 0 heterocycles. The molecule has 3 aromatic rings. The van der Waals surface area contributed by atoms with Crippen LogP contribution in [0, 0.1) is 0 Å². The van der Waals surface area contributed by atoms with Gasteiger partial charge in [-0.1, -0.05) is 65.8 Å². The van der Waals surface area contributed by atoms with E-state index in [1.807, 2.05) is 48.5 Å². The molecule has 0 aliphatic carbocycles. The van der Waals surface area contributed by atoms with Gasteiger partial charge < -0.3 is 10.2 Å². The fourth-order valence-electron chi connectivity index (χ4n) is 2.35. The molecule has 0 fully saturated rings. The fraction of sp³-hybridized carbons (Fsp3) is 0.167. The maximum atomic E-state index is 7.11. The topological polar surface area (TPSA) is 33.6 Å². The van der Waals surface area contributed by atoms with Crippen LogP contribution >= 0.6 is 0 Å². The van der Waals surface area contributed by atoms with Gasteiger partial charge in [0, 0.05) is 21.4 Å². The van der Waals surface area contributed by atoms with Crippen molar-refractivity contribution in [3.63, 3.8) is 0 Å². The lowest BCUT2D eigenvalue weighted by atomic mass is 10.1. The maximum Gasteiger partial charge on any atom is 0.129 e. The van der Waals surface area contributed by atoms with Crippen LogP contribution in [-0.2, 0) is 4.84 Å². The molecule has 0 saturated carbocycles. The second-order valence-electron chi connectivity index (χ2n) is 4.71. The van der Waals surface area contributed by atoms with E-state index in [-0.39, 0.29) is 13.2 Å². The number of nitrogens with zero attached hydrogens (tertiary/aromatic N) is 1. The molecule has 1 N–H and O–H groups in total. The third-order valence-corrected chi connectivity index (χ3v) is 3.35. The first-order valence-electron chi connectivity index (χ1n) is 8.36. The van der Waals surface area contributed by atoms with Crippen LogP contribution in [0.1, 0.15) is 4.11 Å². The number of hydrogen-bond donors (Lipinski definition) is 1. The lowest BCUT2D eigenvalue weighted by Gasteiger charge is -1.99. The van der Waals surface area contributed by atoms with Crippen molar-refractivity contribution in [1.29, 1.82) is 0 Å². The molecule has 0 atom stereocenters. The average Bonchev–Trinajstić information content (AvgIpc) is 2.71. The molecule has 0 aromatic heterocycles. The zero-order valence-corrected chi connectivity index (χ0v) is 11.5. The Bertz CT molecular complexity index is 861. The molecule has 0 aliphatic rings. The van der Waals surface area contributed by atoms with Crippen LogP contribution in [-0.4, -0.2) is 20.1 Å². The van der Waals surface area contributed by atoms with Crippen LogP contribution in [0.2, 0.25) is 0 Å². The quantitative estimate of drug-likeness (QED) is 0.589. The van der Waals surface area contributed by atoms with Crippen molar-refractivity contribution >= 4 is 21.5 Å². The largest absolute Gasteiger partial charge is 0.394 e. The molecule has 3 heteroatoms. The van der Waals surface area contributed by atoms with Gasteiger partial charge in [-0.15, -0.1) is 0 Å². The van der Waals surface area contributed by atoms with E-state index in [0.717, 1.165) is 26.9 Å². The van der Waals surface area contributed by atoms with E-state index in [1.165, 1.54) is 0 Å². The summed E-state index contributed by atoms with van der Waals surface area (Å²) in [5, 5.41) is 11.6. The summed E-state index contributed by atoms with van der Waals surface area (Å²) in [5.41, 5.74) is 0. The minimum Gasteiger partial charge on any atom is -0.394 e. The van der Waals surface area contributed by atoms with Gasteiger partial charge in [-0.05, 0) is 17.7 Å². The Balaban J connectivity index is 2.02. The van der Waals surface area contributed by atoms with E-state index in [9.17, 15) is 0 Å². The summed E-state index contributed by atoms with van der Waals surface area (Å²) in [6, 6.07) is 20.1. The van der Waals surface area contributed by atoms with Gasteiger partial charge in [0.25, 0.3) is 0 Å². The normalized spacial score (nSPS) is 13.4. The summed E-state index contributed by atoms with van der Waals surface area (Å²) in [6.45, 7) is -1.78. The fourth-order valence-corrected chi connectivity index (χ4v) is 2.35. The number of likely N-dealkylation sites (N-methyl/N-ethyl adjacent to an activating group) is 1. The molecule has 0 saturated heterocycles. The third kappa shape index (κ3) is 2.88. The predicted octanol–water partition coefficient (Wildman–Crippen LogP) is 3.04. The number of hydrogen-bond acceptors (Lipinski definition) is 3. The van der Waals surface area contributed by atoms with Gasteiger partial charge in [0.05, 0.1) is 0 Å². The molecule has 106 valence electrons. The van der Waals surface area contributed by atoms with Gasteiger partial charge in [0.1, 0.15) is 12.0 Å². The van der Waals surface area contributed by atoms with E-state index in [1.54, 1.807) is 0 Å². The number of nitrogens with one attached hydrogen (secondary N) is 1. The SMILES string of the molecule is [2H]C([2H])([2H])NCCON=c1c2ccccc2ccc2ccccc12. The van der Waals surface area contributed by atoms with E-state index in [4.69, 9.17) is 8.95 Å². The third-order valence-electron chi connectivity index (χ3n) is 3.35. The summed E-state index contributed by atoms with van der Waals surface area (Å²) in [4.78, 5) is 5.39.